The van der Waals surface area contributed by atoms with Gasteiger partial charge in [0.15, 0.2) is 23.7 Å². The highest BCUT2D eigenvalue weighted by Crippen LogP contribution is 2.43. The van der Waals surface area contributed by atoms with Gasteiger partial charge in [-0.1, -0.05) is 6.07 Å². The molecule has 238 valence electrons. The van der Waals surface area contributed by atoms with E-state index < -0.39 is 85.1 Å². The van der Waals surface area contributed by atoms with Gasteiger partial charge in [0.05, 0.1) is 18.8 Å². The van der Waals surface area contributed by atoms with Gasteiger partial charge in [0.25, 0.3) is 5.79 Å². The first-order valence-corrected chi connectivity index (χ1v) is 13.5. The first-order valence-electron chi connectivity index (χ1n) is 13.5. The van der Waals surface area contributed by atoms with E-state index in [1.807, 2.05) is 0 Å². The number of hydrogen-bond acceptors (Lipinski definition) is 16. The van der Waals surface area contributed by atoms with Crippen LogP contribution < -0.4 is 19.6 Å². The van der Waals surface area contributed by atoms with Gasteiger partial charge in [-0.25, -0.2) is 0 Å². The van der Waals surface area contributed by atoms with Crippen LogP contribution >= 0.6 is 0 Å². The van der Waals surface area contributed by atoms with E-state index in [4.69, 9.17) is 28.1 Å². The molecule has 3 aliphatic rings. The molecule has 2 fully saturated rings. The summed E-state index contributed by atoms with van der Waals surface area (Å²) < 4.78 is 33.5. The van der Waals surface area contributed by atoms with Gasteiger partial charge in [0, 0.05) is 12.1 Å². The fourth-order valence-electron chi connectivity index (χ4n) is 5.69. The summed E-state index contributed by atoms with van der Waals surface area (Å²) in [6.07, 6.45) is -16.1. The van der Waals surface area contributed by atoms with Crippen LogP contribution in [0.3, 0.4) is 0 Å². The predicted octanol–water partition coefficient (Wildman–Crippen LogP) is -2.71. The summed E-state index contributed by atoms with van der Waals surface area (Å²) in [4.78, 5) is 13.4. The molecule has 1 aromatic heterocycles. The fraction of sp³-hybridized carbons (Fsp3) is 0.464. The van der Waals surface area contributed by atoms with Crippen molar-refractivity contribution in [3.8, 4) is 34.1 Å². The Morgan fingerprint density at radius 3 is 2.27 bits per heavy atom. The van der Waals surface area contributed by atoms with Crippen molar-refractivity contribution in [1.29, 1.82) is 0 Å². The molecule has 0 aliphatic carbocycles. The zero-order valence-corrected chi connectivity index (χ0v) is 22.7. The smallest absolute Gasteiger partial charge is 0.268 e. The first-order chi connectivity index (χ1) is 21.0. The minimum Gasteiger partial charge on any atom is -0.507 e. The monoisotopic (exact) mass is 622 g/mol. The van der Waals surface area contributed by atoms with E-state index in [0.29, 0.717) is 17.1 Å². The van der Waals surface area contributed by atoms with Crippen LogP contribution in [-0.4, -0.2) is 127 Å². The Hall–Kier alpha value is -3.55. The molecule has 3 aliphatic heterocycles. The summed E-state index contributed by atoms with van der Waals surface area (Å²) in [5.41, 5.74) is -0.354. The molecule has 6 rings (SSSR count). The minimum atomic E-state index is -2.76. The lowest BCUT2D eigenvalue weighted by Gasteiger charge is -2.54. The molecule has 2 aromatic carbocycles. The third-order valence-corrected chi connectivity index (χ3v) is 8.06. The predicted molar refractivity (Wildman–Crippen MR) is 143 cm³/mol. The molecule has 16 heteroatoms. The van der Waals surface area contributed by atoms with Gasteiger partial charge < -0.3 is 74.1 Å². The summed E-state index contributed by atoms with van der Waals surface area (Å²) in [5.74, 6) is -2.89. The molecule has 0 saturated carbocycles. The van der Waals surface area contributed by atoms with E-state index in [0.717, 1.165) is 18.4 Å². The van der Waals surface area contributed by atoms with Gasteiger partial charge in [0.2, 0.25) is 12.2 Å². The van der Waals surface area contributed by atoms with Crippen LogP contribution in [0, 0.1) is 0 Å². The second-order valence-electron chi connectivity index (χ2n) is 10.7. The summed E-state index contributed by atoms with van der Waals surface area (Å²) in [6.45, 7) is -1.77. The largest absolute Gasteiger partial charge is 0.507 e. The molecule has 9 N–H and O–H groups in total. The van der Waals surface area contributed by atoms with E-state index in [1.165, 1.54) is 0 Å². The molecular formula is C28H30O16. The zero-order chi connectivity index (χ0) is 31.5. The van der Waals surface area contributed by atoms with Crippen molar-refractivity contribution in [1.82, 2.24) is 0 Å². The Balaban J connectivity index is 1.43. The highest BCUT2D eigenvalue weighted by atomic mass is 16.7. The number of rotatable bonds is 6. The highest BCUT2D eigenvalue weighted by Gasteiger charge is 2.65. The van der Waals surface area contributed by atoms with Crippen molar-refractivity contribution in [2.24, 2.45) is 0 Å². The molecular weight excluding hydrogens is 592 g/mol. The van der Waals surface area contributed by atoms with Crippen LogP contribution in [-0.2, 0) is 9.47 Å². The third kappa shape index (κ3) is 4.76. The molecule has 44 heavy (non-hydrogen) atoms. The number of ether oxygens (including phenoxy) is 5. The van der Waals surface area contributed by atoms with Crippen molar-refractivity contribution in [2.45, 2.75) is 60.7 Å². The molecule has 0 spiro atoms. The molecule has 0 radical (unpaired) electrons. The van der Waals surface area contributed by atoms with Crippen molar-refractivity contribution >= 4 is 11.0 Å². The number of fused-ring (bicyclic) bond motifs is 2. The van der Waals surface area contributed by atoms with Crippen LogP contribution in [0.25, 0.3) is 22.1 Å². The fourth-order valence-corrected chi connectivity index (χ4v) is 5.69. The van der Waals surface area contributed by atoms with Gasteiger partial charge in [0.1, 0.15) is 71.5 Å². The normalized spacial score (nSPS) is 35.1. The van der Waals surface area contributed by atoms with E-state index in [1.54, 1.807) is 18.2 Å². The Morgan fingerprint density at radius 2 is 1.55 bits per heavy atom. The maximum Gasteiger partial charge on any atom is 0.268 e. The molecule has 10 atom stereocenters. The number of aromatic hydroxyl groups is 1. The Bertz CT molecular complexity index is 1590. The minimum absolute atomic E-state index is 0.0206. The summed E-state index contributed by atoms with van der Waals surface area (Å²) in [6, 6.07) is 6.84. The van der Waals surface area contributed by atoms with Gasteiger partial charge in [-0.3, -0.25) is 4.79 Å². The van der Waals surface area contributed by atoms with Gasteiger partial charge >= 0.3 is 0 Å². The topological polar surface area (TPSA) is 258 Å². The van der Waals surface area contributed by atoms with Crippen LogP contribution in [0.5, 0.6) is 23.0 Å². The second-order valence-corrected chi connectivity index (χ2v) is 10.7. The Labute approximate surface area is 247 Å². The SMILES string of the molecule is O=c1c(-c2ccc3c(c2)OCO3)coc2cc(O[C@]3([C@@H]4O[C@@H](CO)[C@@H](O)[C@@H](O)[C@H]4O)O[C@H](CO)[C@@H](O)[C@H](O)[C@H]3O)cc(O)c12. The van der Waals surface area contributed by atoms with Gasteiger partial charge in [-0.2, -0.15) is 0 Å². The summed E-state index contributed by atoms with van der Waals surface area (Å²) >= 11 is 0. The van der Waals surface area contributed by atoms with Crippen LogP contribution in [0.15, 0.2) is 45.8 Å². The maximum atomic E-state index is 13.4. The third-order valence-electron chi connectivity index (χ3n) is 8.06. The summed E-state index contributed by atoms with van der Waals surface area (Å²) in [7, 11) is 0. The van der Waals surface area contributed by atoms with Gasteiger partial charge in [-0.15, -0.1) is 0 Å². The van der Waals surface area contributed by atoms with Crippen molar-refractivity contribution in [3.05, 3.63) is 46.8 Å². The van der Waals surface area contributed by atoms with E-state index in [9.17, 15) is 50.8 Å². The first kappa shape index (κ1) is 30.5. The molecule has 0 amide bonds. The quantitative estimate of drug-likeness (QED) is 0.135. The summed E-state index contributed by atoms with van der Waals surface area (Å²) in [5, 5.41) is 94.1. The second kappa shape index (κ2) is 11.4. The van der Waals surface area contributed by atoms with E-state index >= 15 is 0 Å². The molecule has 2 saturated heterocycles. The number of phenols is 1. The number of aliphatic hydroxyl groups is 8. The zero-order valence-electron chi connectivity index (χ0n) is 22.7. The van der Waals surface area contributed by atoms with Crippen LogP contribution in [0.2, 0.25) is 0 Å². The molecule has 16 nitrogen and oxygen atoms in total. The lowest BCUT2D eigenvalue weighted by molar-refractivity contribution is -0.396. The van der Waals surface area contributed by atoms with Crippen LogP contribution in [0.1, 0.15) is 0 Å². The lowest BCUT2D eigenvalue weighted by atomic mass is 9.83. The van der Waals surface area contributed by atoms with Crippen molar-refractivity contribution in [2.75, 3.05) is 20.0 Å². The number of benzene rings is 2. The maximum absolute atomic E-state index is 13.4. The lowest BCUT2D eigenvalue weighted by Crippen LogP contribution is -2.77. The number of aliphatic hydroxyl groups excluding tert-OH is 8. The average Bonchev–Trinajstić information content (AvgIpc) is 3.48. The Morgan fingerprint density at radius 1 is 0.841 bits per heavy atom. The molecule has 0 bridgehead atoms. The van der Waals surface area contributed by atoms with Crippen molar-refractivity contribution in [3.63, 3.8) is 0 Å². The average molecular weight is 623 g/mol. The van der Waals surface area contributed by atoms with Crippen molar-refractivity contribution < 1.29 is 74.1 Å². The van der Waals surface area contributed by atoms with E-state index in [2.05, 4.69) is 0 Å². The Kier molecular flexibility index (Phi) is 7.91. The van der Waals surface area contributed by atoms with Gasteiger partial charge in [-0.05, 0) is 17.7 Å². The molecule has 4 heterocycles. The van der Waals surface area contributed by atoms with Crippen LogP contribution in [0.4, 0.5) is 0 Å². The standard InChI is InChI=1S/C28H30O16/c29-6-17-21(33)23(35)25(37)27(42-17)28(26(38)24(36)22(34)18(7-30)44-28)43-11-4-13(31)19-16(5-11)39-8-12(20(19)32)10-1-2-14-15(3-10)41-9-40-14/h1-5,8,17-18,21-27,29-31,33-38H,6-7,9H2/t17-,18+,21+,22+,23+,24-,25+,26+,27+,28-/m0/s1. The number of phenolic OH excluding ortho intramolecular Hbond substituents is 1. The van der Waals surface area contributed by atoms with E-state index in [-0.39, 0.29) is 29.1 Å². The molecule has 0 unspecified atom stereocenters. The number of hydrogen-bond donors (Lipinski definition) is 9. The highest BCUT2D eigenvalue weighted by molar-refractivity contribution is 5.88. The molecule has 3 aromatic rings.